The van der Waals surface area contributed by atoms with Gasteiger partial charge in [-0.1, -0.05) is 48.9 Å². The summed E-state index contributed by atoms with van der Waals surface area (Å²) in [7, 11) is 0. The number of carbonyl (C=O) groups is 2. The van der Waals surface area contributed by atoms with Crippen molar-refractivity contribution in [1.82, 2.24) is 0 Å². The molecule has 0 unspecified atom stereocenters. The minimum absolute atomic E-state index is 0.168. The van der Waals surface area contributed by atoms with E-state index < -0.39 is 5.97 Å². The Balaban J connectivity index is 2.04. The van der Waals surface area contributed by atoms with E-state index in [-0.39, 0.29) is 18.0 Å². The van der Waals surface area contributed by atoms with Crippen LogP contribution in [0.1, 0.15) is 38.8 Å². The van der Waals surface area contributed by atoms with Crippen LogP contribution in [0, 0.1) is 0 Å². The Bertz CT molecular complexity index is 999. The van der Waals surface area contributed by atoms with Crippen LogP contribution < -0.4 is 4.90 Å². The van der Waals surface area contributed by atoms with Gasteiger partial charge in [0.25, 0.3) is 5.91 Å². The summed E-state index contributed by atoms with van der Waals surface area (Å²) < 4.78 is 0. The van der Waals surface area contributed by atoms with E-state index in [0.717, 1.165) is 23.2 Å². The second-order valence-electron chi connectivity index (χ2n) is 6.39. The highest BCUT2D eigenvalue weighted by Gasteiger charge is 2.20. The number of carbonyl (C=O) groups excluding carboxylic acids is 1. The van der Waals surface area contributed by atoms with Crippen LogP contribution >= 0.6 is 11.6 Å². The predicted molar refractivity (Wildman–Crippen MR) is 111 cm³/mol. The number of rotatable bonds is 6. The molecule has 1 amide bonds. The molecule has 0 aliphatic rings. The average Bonchev–Trinajstić information content (AvgIpc) is 2.72. The third-order valence-electron chi connectivity index (χ3n) is 4.51. The smallest absolute Gasteiger partial charge is 0.335 e. The first-order chi connectivity index (χ1) is 13.5. The summed E-state index contributed by atoms with van der Waals surface area (Å²) in [5.41, 5.74) is 3.31. The molecule has 3 aromatic rings. The Kier molecular flexibility index (Phi) is 6.12. The van der Waals surface area contributed by atoms with Gasteiger partial charge in [-0.25, -0.2) is 4.79 Å². The van der Waals surface area contributed by atoms with E-state index in [1.54, 1.807) is 41.3 Å². The van der Waals surface area contributed by atoms with Crippen molar-refractivity contribution >= 4 is 29.2 Å². The fourth-order valence-corrected chi connectivity index (χ4v) is 3.20. The summed E-state index contributed by atoms with van der Waals surface area (Å²) in [5.74, 6) is -1.16. The third kappa shape index (κ3) is 4.41. The molecule has 4 nitrogen and oxygen atoms in total. The largest absolute Gasteiger partial charge is 0.478 e. The number of para-hydroxylation sites is 1. The third-order valence-corrected chi connectivity index (χ3v) is 4.77. The second kappa shape index (κ2) is 8.72. The molecule has 0 spiro atoms. The zero-order chi connectivity index (χ0) is 20.1. The number of nitrogens with zero attached hydrogens (tertiary/aromatic N) is 1. The lowest BCUT2D eigenvalue weighted by Crippen LogP contribution is -2.31. The lowest BCUT2D eigenvalue weighted by molar-refractivity contribution is 0.0696. The van der Waals surface area contributed by atoms with Crippen LogP contribution in [0.25, 0.3) is 0 Å². The van der Waals surface area contributed by atoms with E-state index in [9.17, 15) is 14.7 Å². The number of carboxylic acid groups (broad SMARTS) is 1. The fraction of sp³-hybridized carbons (Fsp3) is 0.130. The van der Waals surface area contributed by atoms with E-state index in [0.29, 0.717) is 10.6 Å². The summed E-state index contributed by atoms with van der Waals surface area (Å²) in [6, 6.07) is 21.1. The van der Waals surface area contributed by atoms with Gasteiger partial charge in [-0.2, -0.15) is 0 Å². The molecule has 0 heterocycles. The van der Waals surface area contributed by atoms with Crippen molar-refractivity contribution in [2.24, 2.45) is 0 Å². The summed E-state index contributed by atoms with van der Waals surface area (Å²) in [4.78, 5) is 26.3. The van der Waals surface area contributed by atoms with Crippen LogP contribution in [0.5, 0.6) is 0 Å². The van der Waals surface area contributed by atoms with Crippen LogP contribution in [0.15, 0.2) is 72.8 Å². The number of halogens is 1. The summed E-state index contributed by atoms with van der Waals surface area (Å²) in [6.45, 7) is 2.30. The Morgan fingerprint density at radius 1 is 0.929 bits per heavy atom. The monoisotopic (exact) mass is 393 g/mol. The molecule has 3 rings (SSSR count). The Morgan fingerprint density at radius 3 is 2.32 bits per heavy atom. The average molecular weight is 394 g/mol. The first-order valence-corrected chi connectivity index (χ1v) is 9.35. The molecule has 0 bridgehead atoms. The van der Waals surface area contributed by atoms with Crippen LogP contribution in [0.4, 0.5) is 5.69 Å². The molecule has 1 N–H and O–H groups in total. The van der Waals surface area contributed by atoms with E-state index in [1.807, 2.05) is 37.3 Å². The topological polar surface area (TPSA) is 57.6 Å². The second-order valence-corrected chi connectivity index (χ2v) is 6.82. The Hall–Kier alpha value is -3.11. The summed E-state index contributed by atoms with van der Waals surface area (Å²) in [5, 5.41) is 9.82. The number of aromatic carboxylic acids is 1. The Morgan fingerprint density at radius 2 is 1.64 bits per heavy atom. The van der Waals surface area contributed by atoms with E-state index in [4.69, 9.17) is 11.6 Å². The molecular weight excluding hydrogens is 374 g/mol. The quantitative estimate of drug-likeness (QED) is 0.606. The minimum Gasteiger partial charge on any atom is -0.478 e. The van der Waals surface area contributed by atoms with E-state index in [2.05, 4.69) is 0 Å². The number of benzene rings is 3. The highest BCUT2D eigenvalue weighted by Crippen LogP contribution is 2.26. The zero-order valence-electron chi connectivity index (χ0n) is 15.4. The Labute approximate surface area is 169 Å². The number of hydrogen-bond donors (Lipinski definition) is 1. The van der Waals surface area contributed by atoms with Gasteiger partial charge in [0.05, 0.1) is 12.1 Å². The first-order valence-electron chi connectivity index (χ1n) is 8.97. The van der Waals surface area contributed by atoms with Crippen molar-refractivity contribution in [2.75, 3.05) is 4.90 Å². The molecule has 0 atom stereocenters. The number of amides is 1. The minimum atomic E-state index is -0.994. The SMILES string of the molecule is CCc1ccccc1N(Cc1cccc(C(=O)O)c1)C(=O)c1ccc(Cl)cc1. The molecule has 0 aliphatic carbocycles. The molecular formula is C23H20ClNO3. The molecule has 0 saturated heterocycles. The van der Waals surface area contributed by atoms with Crippen molar-refractivity contribution < 1.29 is 14.7 Å². The molecule has 142 valence electrons. The van der Waals surface area contributed by atoms with E-state index in [1.165, 1.54) is 6.07 Å². The molecule has 28 heavy (non-hydrogen) atoms. The van der Waals surface area contributed by atoms with Crippen LogP contribution in [0.2, 0.25) is 5.02 Å². The van der Waals surface area contributed by atoms with Gasteiger partial charge in [0, 0.05) is 16.3 Å². The molecule has 0 aromatic heterocycles. The van der Waals surface area contributed by atoms with Gasteiger partial charge in [-0.05, 0) is 60.0 Å². The van der Waals surface area contributed by atoms with Crippen molar-refractivity contribution in [3.63, 3.8) is 0 Å². The number of aryl methyl sites for hydroxylation is 1. The highest BCUT2D eigenvalue weighted by atomic mass is 35.5. The van der Waals surface area contributed by atoms with Crippen molar-refractivity contribution in [1.29, 1.82) is 0 Å². The predicted octanol–water partition coefficient (Wildman–Crippen LogP) is 5.45. The van der Waals surface area contributed by atoms with Crippen LogP contribution in [0.3, 0.4) is 0 Å². The van der Waals surface area contributed by atoms with Crippen molar-refractivity contribution in [3.8, 4) is 0 Å². The van der Waals surface area contributed by atoms with Gasteiger partial charge >= 0.3 is 5.97 Å². The fourth-order valence-electron chi connectivity index (χ4n) is 3.07. The maximum atomic E-state index is 13.3. The molecule has 3 aromatic carbocycles. The summed E-state index contributed by atoms with van der Waals surface area (Å²) in [6.07, 6.45) is 0.774. The first kappa shape index (κ1) is 19.6. The lowest BCUT2D eigenvalue weighted by atomic mass is 10.1. The van der Waals surface area contributed by atoms with Crippen LogP contribution in [-0.2, 0) is 13.0 Å². The standard InChI is InChI=1S/C23H20ClNO3/c1-2-17-7-3-4-9-21(17)25(22(26)18-10-12-20(24)13-11-18)15-16-6-5-8-19(14-16)23(27)28/h3-14H,2,15H2,1H3,(H,27,28). The number of hydrogen-bond acceptors (Lipinski definition) is 2. The maximum absolute atomic E-state index is 13.3. The normalized spacial score (nSPS) is 10.5. The van der Waals surface area contributed by atoms with Gasteiger partial charge < -0.3 is 10.0 Å². The van der Waals surface area contributed by atoms with Gasteiger partial charge in [0.2, 0.25) is 0 Å². The van der Waals surface area contributed by atoms with Gasteiger partial charge in [-0.3, -0.25) is 4.79 Å². The summed E-state index contributed by atoms with van der Waals surface area (Å²) >= 11 is 5.96. The van der Waals surface area contributed by atoms with Crippen LogP contribution in [-0.4, -0.2) is 17.0 Å². The number of carboxylic acids is 1. The van der Waals surface area contributed by atoms with Gasteiger partial charge in [0.15, 0.2) is 0 Å². The molecule has 0 aliphatic heterocycles. The van der Waals surface area contributed by atoms with Crippen molar-refractivity contribution in [2.45, 2.75) is 19.9 Å². The van der Waals surface area contributed by atoms with Crippen molar-refractivity contribution in [3.05, 3.63) is 100 Å². The van der Waals surface area contributed by atoms with Gasteiger partial charge in [-0.15, -0.1) is 0 Å². The maximum Gasteiger partial charge on any atom is 0.335 e. The zero-order valence-corrected chi connectivity index (χ0v) is 16.2. The molecule has 5 heteroatoms. The molecule has 0 fully saturated rings. The molecule has 0 saturated carbocycles. The van der Waals surface area contributed by atoms with Gasteiger partial charge in [0.1, 0.15) is 0 Å². The van der Waals surface area contributed by atoms with E-state index >= 15 is 0 Å². The lowest BCUT2D eigenvalue weighted by Gasteiger charge is -2.25. The number of anilines is 1. The molecule has 0 radical (unpaired) electrons. The highest BCUT2D eigenvalue weighted by molar-refractivity contribution is 6.30.